The SMILES string of the molecule is CCOc1nc(OCc2cccc(-c3ccccc3)c2C)ncc1CN(C)C(CO)(CO)CO. The summed E-state index contributed by atoms with van der Waals surface area (Å²) in [7, 11) is 1.70. The van der Waals surface area contributed by atoms with Crippen molar-refractivity contribution in [1.29, 1.82) is 0 Å². The van der Waals surface area contributed by atoms with Gasteiger partial charge in [0.15, 0.2) is 0 Å². The van der Waals surface area contributed by atoms with E-state index in [1.807, 2.05) is 37.3 Å². The van der Waals surface area contributed by atoms with E-state index in [0.717, 1.165) is 22.3 Å². The van der Waals surface area contributed by atoms with Crippen LogP contribution in [0, 0.1) is 6.92 Å². The van der Waals surface area contributed by atoms with Crippen molar-refractivity contribution in [2.24, 2.45) is 0 Å². The Balaban J connectivity index is 1.77. The average Bonchev–Trinajstić information content (AvgIpc) is 2.87. The average molecular weight is 468 g/mol. The second kappa shape index (κ2) is 11.9. The molecular formula is C26H33N3O5. The Hall–Kier alpha value is -3.04. The van der Waals surface area contributed by atoms with Gasteiger partial charge in [0.2, 0.25) is 5.88 Å². The molecule has 1 heterocycles. The normalized spacial score (nSPS) is 11.6. The largest absolute Gasteiger partial charge is 0.478 e. The van der Waals surface area contributed by atoms with Crippen molar-refractivity contribution in [2.45, 2.75) is 32.5 Å². The molecule has 2 aromatic carbocycles. The van der Waals surface area contributed by atoms with Crippen molar-refractivity contribution in [3.8, 4) is 23.0 Å². The molecule has 1 aromatic heterocycles. The molecule has 0 bridgehead atoms. The lowest BCUT2D eigenvalue weighted by Crippen LogP contribution is -2.55. The van der Waals surface area contributed by atoms with Gasteiger partial charge >= 0.3 is 6.01 Å². The number of aromatic nitrogens is 2. The van der Waals surface area contributed by atoms with Gasteiger partial charge in [-0.3, -0.25) is 4.90 Å². The minimum Gasteiger partial charge on any atom is -0.478 e. The number of rotatable bonds is 12. The first-order valence-electron chi connectivity index (χ1n) is 11.3. The number of hydrogen-bond acceptors (Lipinski definition) is 8. The second-order valence-corrected chi connectivity index (χ2v) is 8.22. The van der Waals surface area contributed by atoms with Crippen molar-refractivity contribution < 1.29 is 24.8 Å². The molecule has 0 amide bonds. The summed E-state index contributed by atoms with van der Waals surface area (Å²) in [5.74, 6) is 0.358. The van der Waals surface area contributed by atoms with Crippen LogP contribution in [0.25, 0.3) is 11.1 Å². The van der Waals surface area contributed by atoms with Gasteiger partial charge < -0.3 is 24.8 Å². The Morgan fingerprint density at radius 3 is 2.26 bits per heavy atom. The predicted molar refractivity (Wildman–Crippen MR) is 130 cm³/mol. The van der Waals surface area contributed by atoms with E-state index in [2.05, 4.69) is 35.1 Å². The van der Waals surface area contributed by atoms with E-state index in [4.69, 9.17) is 9.47 Å². The maximum atomic E-state index is 9.69. The van der Waals surface area contributed by atoms with Crippen LogP contribution in [-0.4, -0.2) is 69.2 Å². The van der Waals surface area contributed by atoms with Gasteiger partial charge in [-0.15, -0.1) is 0 Å². The molecule has 0 radical (unpaired) electrons. The van der Waals surface area contributed by atoms with Gasteiger partial charge in [0.25, 0.3) is 0 Å². The number of benzene rings is 2. The van der Waals surface area contributed by atoms with Crippen LogP contribution >= 0.6 is 0 Å². The maximum absolute atomic E-state index is 9.69. The fourth-order valence-corrected chi connectivity index (χ4v) is 3.66. The van der Waals surface area contributed by atoms with Gasteiger partial charge in [0.1, 0.15) is 6.61 Å². The molecule has 182 valence electrons. The van der Waals surface area contributed by atoms with Crippen LogP contribution in [0.5, 0.6) is 11.9 Å². The molecule has 34 heavy (non-hydrogen) atoms. The summed E-state index contributed by atoms with van der Waals surface area (Å²) in [5, 5.41) is 29.1. The molecule has 3 rings (SSSR count). The molecule has 0 aliphatic heterocycles. The molecule has 0 aliphatic rings. The molecule has 0 atom stereocenters. The standard InChI is InChI=1S/C26H33N3O5/c1-4-33-24-22(14-29(3)26(16-30,17-31)18-32)13-27-25(28-24)34-15-21-11-8-12-23(19(21)2)20-9-6-5-7-10-20/h5-13,30-32H,4,14-18H2,1-3H3. The van der Waals surface area contributed by atoms with Gasteiger partial charge in [0.05, 0.1) is 32.0 Å². The zero-order chi connectivity index (χ0) is 24.6. The van der Waals surface area contributed by atoms with E-state index in [1.54, 1.807) is 18.1 Å². The van der Waals surface area contributed by atoms with Gasteiger partial charge in [-0.2, -0.15) is 4.98 Å². The molecule has 8 nitrogen and oxygen atoms in total. The maximum Gasteiger partial charge on any atom is 0.320 e. The predicted octanol–water partition coefficient (Wildman–Crippen LogP) is 2.58. The molecule has 0 spiro atoms. The fourth-order valence-electron chi connectivity index (χ4n) is 3.66. The summed E-state index contributed by atoms with van der Waals surface area (Å²) in [6, 6.07) is 16.5. The van der Waals surface area contributed by atoms with E-state index < -0.39 is 25.4 Å². The zero-order valence-electron chi connectivity index (χ0n) is 19.9. The summed E-state index contributed by atoms with van der Waals surface area (Å²) in [4.78, 5) is 10.4. The van der Waals surface area contributed by atoms with E-state index in [-0.39, 0.29) is 12.6 Å². The minimum atomic E-state index is -1.17. The molecule has 0 aliphatic carbocycles. The quantitative estimate of drug-likeness (QED) is 0.373. The van der Waals surface area contributed by atoms with E-state index in [0.29, 0.717) is 24.7 Å². The van der Waals surface area contributed by atoms with Crippen molar-refractivity contribution in [2.75, 3.05) is 33.5 Å². The molecule has 0 unspecified atom stereocenters. The molecule has 3 aromatic rings. The van der Waals surface area contributed by atoms with E-state index in [1.165, 1.54) is 0 Å². The van der Waals surface area contributed by atoms with E-state index >= 15 is 0 Å². The number of aliphatic hydroxyl groups is 3. The first kappa shape index (κ1) is 25.6. The van der Waals surface area contributed by atoms with Gasteiger partial charge in [-0.1, -0.05) is 48.5 Å². The fraction of sp³-hybridized carbons (Fsp3) is 0.385. The Morgan fingerprint density at radius 1 is 0.912 bits per heavy atom. The van der Waals surface area contributed by atoms with Crippen molar-refractivity contribution in [3.63, 3.8) is 0 Å². The van der Waals surface area contributed by atoms with Gasteiger partial charge in [-0.05, 0) is 43.1 Å². The highest BCUT2D eigenvalue weighted by Crippen LogP contribution is 2.27. The van der Waals surface area contributed by atoms with Gasteiger partial charge in [0, 0.05) is 18.3 Å². The first-order valence-corrected chi connectivity index (χ1v) is 11.3. The Kier molecular flexibility index (Phi) is 8.95. The summed E-state index contributed by atoms with van der Waals surface area (Å²) >= 11 is 0. The Bertz CT molecular complexity index is 1050. The monoisotopic (exact) mass is 467 g/mol. The minimum absolute atomic E-state index is 0.192. The lowest BCUT2D eigenvalue weighted by molar-refractivity contribution is -0.0391. The van der Waals surface area contributed by atoms with Crippen LogP contribution in [0.3, 0.4) is 0 Å². The van der Waals surface area contributed by atoms with Crippen LogP contribution in [0.1, 0.15) is 23.6 Å². The third-order valence-corrected chi connectivity index (χ3v) is 6.07. The molecule has 3 N–H and O–H groups in total. The number of nitrogens with zero attached hydrogens (tertiary/aromatic N) is 3. The summed E-state index contributed by atoms with van der Waals surface area (Å²) in [6.07, 6.45) is 1.61. The highest BCUT2D eigenvalue weighted by Gasteiger charge is 2.33. The smallest absolute Gasteiger partial charge is 0.320 e. The lowest BCUT2D eigenvalue weighted by atomic mass is 9.97. The molecular weight excluding hydrogens is 434 g/mol. The third-order valence-electron chi connectivity index (χ3n) is 6.07. The van der Waals surface area contributed by atoms with Crippen LogP contribution in [0.15, 0.2) is 54.7 Å². The topological polar surface area (TPSA) is 108 Å². The number of likely N-dealkylation sites (N-methyl/N-ethyl adjacent to an activating group) is 1. The molecule has 0 saturated carbocycles. The first-order chi connectivity index (χ1) is 16.5. The van der Waals surface area contributed by atoms with Crippen molar-refractivity contribution in [3.05, 3.63) is 71.4 Å². The summed E-state index contributed by atoms with van der Waals surface area (Å²) < 4.78 is 11.6. The van der Waals surface area contributed by atoms with Crippen LogP contribution in [-0.2, 0) is 13.2 Å². The zero-order valence-corrected chi connectivity index (χ0v) is 19.9. The third kappa shape index (κ3) is 5.71. The molecule has 0 fully saturated rings. The van der Waals surface area contributed by atoms with Crippen molar-refractivity contribution >= 4 is 0 Å². The Labute approximate surface area is 200 Å². The molecule has 8 heteroatoms. The summed E-state index contributed by atoms with van der Waals surface area (Å²) in [5.41, 5.74) is 3.94. The van der Waals surface area contributed by atoms with Crippen LogP contribution in [0.2, 0.25) is 0 Å². The van der Waals surface area contributed by atoms with Gasteiger partial charge in [-0.25, -0.2) is 4.98 Å². The number of aliphatic hydroxyl groups excluding tert-OH is 3. The number of hydrogen-bond donors (Lipinski definition) is 3. The summed E-state index contributed by atoms with van der Waals surface area (Å²) in [6.45, 7) is 3.69. The highest BCUT2D eigenvalue weighted by atomic mass is 16.5. The highest BCUT2D eigenvalue weighted by molar-refractivity contribution is 5.68. The molecule has 0 saturated heterocycles. The van der Waals surface area contributed by atoms with Crippen LogP contribution < -0.4 is 9.47 Å². The Morgan fingerprint density at radius 2 is 1.62 bits per heavy atom. The lowest BCUT2D eigenvalue weighted by Gasteiger charge is -2.37. The second-order valence-electron chi connectivity index (χ2n) is 8.22. The van der Waals surface area contributed by atoms with Crippen molar-refractivity contribution in [1.82, 2.24) is 14.9 Å². The number of ether oxygens (including phenoxy) is 2. The van der Waals surface area contributed by atoms with E-state index in [9.17, 15) is 15.3 Å². The van der Waals surface area contributed by atoms with Crippen LogP contribution in [0.4, 0.5) is 0 Å².